The van der Waals surface area contributed by atoms with Crippen LogP contribution in [0.2, 0.25) is 0 Å². The van der Waals surface area contributed by atoms with Crippen LogP contribution in [0.4, 0.5) is 0 Å². The zero-order valence-electron chi connectivity index (χ0n) is 9.89. The molecule has 1 aromatic heterocycles. The molecule has 0 bridgehead atoms. The van der Waals surface area contributed by atoms with Gasteiger partial charge in [0.1, 0.15) is 0 Å². The molecule has 0 aliphatic rings. The zero-order chi connectivity index (χ0) is 11.3. The van der Waals surface area contributed by atoms with Crippen LogP contribution >= 0.6 is 12.4 Å². The summed E-state index contributed by atoms with van der Waals surface area (Å²) in [6.07, 6.45) is 0. The van der Waals surface area contributed by atoms with Crippen LogP contribution in [0.25, 0.3) is 0 Å². The second-order valence-electron chi connectivity index (χ2n) is 3.43. The third-order valence-corrected chi connectivity index (χ3v) is 2.31. The van der Waals surface area contributed by atoms with Gasteiger partial charge in [0.2, 0.25) is 0 Å². The van der Waals surface area contributed by atoms with Crippen LogP contribution in [-0.2, 0) is 0 Å². The molecule has 1 amide bonds. The van der Waals surface area contributed by atoms with Crippen molar-refractivity contribution in [1.29, 1.82) is 0 Å². The number of H-pyrrole nitrogens is 1. The molecule has 0 atom stereocenters. The Morgan fingerprint density at radius 1 is 1.38 bits per heavy atom. The normalized spacial score (nSPS) is 9.69. The van der Waals surface area contributed by atoms with Crippen LogP contribution in [0.15, 0.2) is 0 Å². The van der Waals surface area contributed by atoms with Crippen LogP contribution in [-0.4, -0.2) is 35.7 Å². The summed E-state index contributed by atoms with van der Waals surface area (Å²) >= 11 is 0. The summed E-state index contributed by atoms with van der Waals surface area (Å²) in [5, 5.41) is 12.7. The fourth-order valence-electron chi connectivity index (χ4n) is 1.23. The number of rotatable bonds is 5. The molecule has 1 aromatic rings. The van der Waals surface area contributed by atoms with E-state index < -0.39 is 0 Å². The number of carbonyl (C=O) groups is 1. The summed E-state index contributed by atoms with van der Waals surface area (Å²) in [5.41, 5.74) is 2.34. The highest BCUT2D eigenvalue weighted by Gasteiger charge is 2.13. The van der Waals surface area contributed by atoms with Gasteiger partial charge in [-0.15, -0.1) is 12.4 Å². The average Bonchev–Trinajstić information content (AvgIpc) is 2.55. The second kappa shape index (κ2) is 7.24. The molecule has 0 aromatic carbocycles. The molecule has 16 heavy (non-hydrogen) atoms. The first-order valence-electron chi connectivity index (χ1n) is 5.17. The van der Waals surface area contributed by atoms with Crippen molar-refractivity contribution in [2.45, 2.75) is 20.8 Å². The lowest BCUT2D eigenvalue weighted by molar-refractivity contribution is 0.0948. The van der Waals surface area contributed by atoms with Gasteiger partial charge in [0.25, 0.3) is 5.91 Å². The molecule has 0 saturated carbocycles. The predicted octanol–water partition coefficient (Wildman–Crippen LogP) is 0.788. The molecular weight excluding hydrogens is 228 g/mol. The number of aryl methyl sites for hydroxylation is 1. The van der Waals surface area contributed by atoms with E-state index in [1.54, 1.807) is 0 Å². The van der Waals surface area contributed by atoms with E-state index in [9.17, 15) is 4.79 Å². The highest BCUT2D eigenvalue weighted by atomic mass is 35.5. The number of aromatic amines is 1. The lowest BCUT2D eigenvalue weighted by atomic mass is 10.2. The fourth-order valence-corrected chi connectivity index (χ4v) is 1.23. The van der Waals surface area contributed by atoms with E-state index in [0.29, 0.717) is 12.2 Å². The number of halogens is 1. The second-order valence-corrected chi connectivity index (χ2v) is 3.43. The Kier molecular flexibility index (Phi) is 6.76. The minimum Gasteiger partial charge on any atom is -0.349 e. The van der Waals surface area contributed by atoms with E-state index in [0.717, 1.165) is 24.3 Å². The van der Waals surface area contributed by atoms with Crippen molar-refractivity contribution in [2.75, 3.05) is 19.6 Å². The molecule has 1 heterocycles. The zero-order valence-corrected chi connectivity index (χ0v) is 10.7. The maximum Gasteiger partial charge on any atom is 0.272 e. The van der Waals surface area contributed by atoms with Gasteiger partial charge in [0.15, 0.2) is 5.69 Å². The topological polar surface area (TPSA) is 69.8 Å². The summed E-state index contributed by atoms with van der Waals surface area (Å²) in [7, 11) is 0. The molecule has 0 spiro atoms. The van der Waals surface area contributed by atoms with E-state index >= 15 is 0 Å². The fraction of sp³-hybridized carbons (Fsp3) is 0.600. The lowest BCUT2D eigenvalue weighted by Crippen LogP contribution is -2.32. The first-order chi connectivity index (χ1) is 7.16. The van der Waals surface area contributed by atoms with Crippen molar-refractivity contribution >= 4 is 18.3 Å². The number of carbonyl (C=O) groups excluding carboxylic acids is 1. The van der Waals surface area contributed by atoms with E-state index in [1.165, 1.54) is 0 Å². The van der Waals surface area contributed by atoms with Gasteiger partial charge >= 0.3 is 0 Å². The Bertz CT molecular complexity index is 338. The molecule has 0 fully saturated rings. The van der Waals surface area contributed by atoms with Gasteiger partial charge in [0, 0.05) is 24.3 Å². The number of hydrogen-bond donors (Lipinski definition) is 3. The Morgan fingerprint density at radius 2 is 2.06 bits per heavy atom. The highest BCUT2D eigenvalue weighted by Crippen LogP contribution is 2.07. The number of aromatic nitrogens is 2. The lowest BCUT2D eigenvalue weighted by Gasteiger charge is -2.03. The quantitative estimate of drug-likeness (QED) is 0.673. The van der Waals surface area contributed by atoms with Gasteiger partial charge in [-0.25, -0.2) is 0 Å². The van der Waals surface area contributed by atoms with Crippen molar-refractivity contribution in [3.05, 3.63) is 17.0 Å². The standard InChI is InChI=1S/C10H18N4O.ClH/c1-4-11-5-6-12-10(15)9-7(2)8(3)13-14-9;/h11H,4-6H2,1-3H3,(H,12,15)(H,13,14);1H. The van der Waals surface area contributed by atoms with Gasteiger partial charge in [0.05, 0.1) is 0 Å². The number of nitrogens with one attached hydrogen (secondary N) is 3. The maximum atomic E-state index is 11.6. The van der Waals surface area contributed by atoms with Gasteiger partial charge in [-0.1, -0.05) is 6.92 Å². The first kappa shape index (κ1) is 14.9. The van der Waals surface area contributed by atoms with Crippen LogP contribution in [0.3, 0.4) is 0 Å². The minimum absolute atomic E-state index is 0. The van der Waals surface area contributed by atoms with Crippen molar-refractivity contribution in [2.24, 2.45) is 0 Å². The first-order valence-corrected chi connectivity index (χ1v) is 5.17. The summed E-state index contributed by atoms with van der Waals surface area (Å²) in [4.78, 5) is 11.6. The number of amides is 1. The van der Waals surface area contributed by atoms with Crippen LogP contribution in [0.5, 0.6) is 0 Å². The molecule has 0 saturated heterocycles. The Hall–Kier alpha value is -1.07. The Morgan fingerprint density at radius 3 is 2.56 bits per heavy atom. The van der Waals surface area contributed by atoms with Crippen LogP contribution in [0.1, 0.15) is 28.7 Å². The third-order valence-electron chi connectivity index (χ3n) is 2.31. The van der Waals surface area contributed by atoms with E-state index in [-0.39, 0.29) is 18.3 Å². The monoisotopic (exact) mass is 246 g/mol. The summed E-state index contributed by atoms with van der Waals surface area (Å²) in [6.45, 7) is 8.14. The molecule has 92 valence electrons. The summed E-state index contributed by atoms with van der Waals surface area (Å²) in [5.74, 6) is -0.116. The molecular formula is C10H19ClN4O. The van der Waals surface area contributed by atoms with Gasteiger partial charge in [-0.2, -0.15) is 5.10 Å². The molecule has 6 heteroatoms. The molecule has 3 N–H and O–H groups in total. The van der Waals surface area contributed by atoms with E-state index in [4.69, 9.17) is 0 Å². The van der Waals surface area contributed by atoms with Crippen LogP contribution < -0.4 is 10.6 Å². The third kappa shape index (κ3) is 3.83. The van der Waals surface area contributed by atoms with Gasteiger partial charge in [-0.05, 0) is 20.4 Å². The number of hydrogen-bond acceptors (Lipinski definition) is 3. The molecule has 0 unspecified atom stereocenters. The Labute approximate surface area is 102 Å². The molecule has 0 radical (unpaired) electrons. The number of nitrogens with zero attached hydrogens (tertiary/aromatic N) is 1. The van der Waals surface area contributed by atoms with E-state index in [2.05, 4.69) is 20.8 Å². The largest absolute Gasteiger partial charge is 0.349 e. The maximum absolute atomic E-state index is 11.6. The van der Waals surface area contributed by atoms with Crippen molar-refractivity contribution in [3.8, 4) is 0 Å². The molecule has 1 rings (SSSR count). The predicted molar refractivity (Wildman–Crippen MR) is 66.2 cm³/mol. The average molecular weight is 247 g/mol. The number of likely N-dealkylation sites (N-methyl/N-ethyl adjacent to an activating group) is 1. The molecule has 0 aliphatic heterocycles. The molecule has 0 aliphatic carbocycles. The minimum atomic E-state index is -0.116. The van der Waals surface area contributed by atoms with Gasteiger partial charge in [-0.3, -0.25) is 9.89 Å². The van der Waals surface area contributed by atoms with Crippen LogP contribution in [0, 0.1) is 13.8 Å². The SMILES string of the molecule is CCNCCNC(=O)c1n[nH]c(C)c1C.Cl. The summed E-state index contributed by atoms with van der Waals surface area (Å²) in [6, 6.07) is 0. The van der Waals surface area contributed by atoms with Gasteiger partial charge < -0.3 is 10.6 Å². The van der Waals surface area contributed by atoms with Crippen molar-refractivity contribution < 1.29 is 4.79 Å². The summed E-state index contributed by atoms with van der Waals surface area (Å²) < 4.78 is 0. The van der Waals surface area contributed by atoms with E-state index in [1.807, 2.05) is 20.8 Å². The Balaban J connectivity index is 0.00000225. The molecule has 5 nitrogen and oxygen atoms in total. The van der Waals surface area contributed by atoms with Crippen molar-refractivity contribution in [1.82, 2.24) is 20.8 Å². The van der Waals surface area contributed by atoms with Crippen molar-refractivity contribution in [3.63, 3.8) is 0 Å². The highest BCUT2D eigenvalue weighted by molar-refractivity contribution is 5.93. The smallest absolute Gasteiger partial charge is 0.272 e.